The molecule has 1 N–H and O–H groups in total. The van der Waals surface area contributed by atoms with Crippen LogP contribution in [0.15, 0.2) is 36.5 Å². The summed E-state index contributed by atoms with van der Waals surface area (Å²) in [6, 6.07) is 11.1. The minimum absolute atomic E-state index is 0.360. The SMILES string of the molecule is CNC(Cc1ccnc2ccccc12)C1(C)CCCS1. The third-order valence-corrected chi connectivity index (χ3v) is 6.14. The van der Waals surface area contributed by atoms with Gasteiger partial charge in [0.25, 0.3) is 0 Å². The lowest BCUT2D eigenvalue weighted by atomic mass is 9.90. The van der Waals surface area contributed by atoms with Crippen LogP contribution in [0.5, 0.6) is 0 Å². The minimum atomic E-state index is 0.360. The quantitative estimate of drug-likeness (QED) is 0.928. The molecule has 2 heterocycles. The number of benzene rings is 1. The summed E-state index contributed by atoms with van der Waals surface area (Å²) in [4.78, 5) is 4.46. The van der Waals surface area contributed by atoms with Gasteiger partial charge in [-0.05, 0) is 56.7 Å². The van der Waals surface area contributed by atoms with E-state index in [1.54, 1.807) is 0 Å². The van der Waals surface area contributed by atoms with Crippen LogP contribution in [0.4, 0.5) is 0 Å². The third-order valence-electron chi connectivity index (χ3n) is 4.50. The van der Waals surface area contributed by atoms with E-state index in [1.807, 2.05) is 6.20 Å². The number of rotatable bonds is 4. The Morgan fingerprint density at radius 2 is 2.20 bits per heavy atom. The molecular formula is C17H22N2S. The number of nitrogens with one attached hydrogen (secondary N) is 1. The Morgan fingerprint density at radius 1 is 1.35 bits per heavy atom. The van der Waals surface area contributed by atoms with Gasteiger partial charge in [-0.25, -0.2) is 0 Å². The lowest BCUT2D eigenvalue weighted by Crippen LogP contribution is -2.45. The van der Waals surface area contributed by atoms with Gasteiger partial charge in [-0.1, -0.05) is 18.2 Å². The molecule has 2 nitrogen and oxygen atoms in total. The summed E-state index contributed by atoms with van der Waals surface area (Å²) >= 11 is 2.12. The molecule has 106 valence electrons. The first-order valence-electron chi connectivity index (χ1n) is 7.37. The topological polar surface area (TPSA) is 24.9 Å². The number of thioether (sulfide) groups is 1. The van der Waals surface area contributed by atoms with Gasteiger partial charge < -0.3 is 5.32 Å². The number of hydrogen-bond donors (Lipinski definition) is 1. The second-order valence-electron chi connectivity index (χ2n) is 5.80. The van der Waals surface area contributed by atoms with Crippen LogP contribution in [0.1, 0.15) is 25.3 Å². The van der Waals surface area contributed by atoms with E-state index >= 15 is 0 Å². The van der Waals surface area contributed by atoms with Gasteiger partial charge in [0.15, 0.2) is 0 Å². The number of hydrogen-bond acceptors (Lipinski definition) is 3. The van der Waals surface area contributed by atoms with Crippen LogP contribution in [-0.2, 0) is 6.42 Å². The first-order valence-corrected chi connectivity index (χ1v) is 8.35. The lowest BCUT2D eigenvalue weighted by Gasteiger charge is -2.33. The summed E-state index contributed by atoms with van der Waals surface area (Å²) in [5.74, 6) is 1.30. The molecular weight excluding hydrogens is 264 g/mol. The van der Waals surface area contributed by atoms with Crippen LogP contribution >= 0.6 is 11.8 Å². The molecule has 1 saturated heterocycles. The predicted molar refractivity (Wildman–Crippen MR) is 88.4 cm³/mol. The Bertz CT molecular complexity index is 585. The molecule has 3 heteroatoms. The van der Waals surface area contributed by atoms with Crippen molar-refractivity contribution in [2.45, 2.75) is 37.0 Å². The van der Waals surface area contributed by atoms with Crippen LogP contribution < -0.4 is 5.32 Å². The zero-order chi connectivity index (χ0) is 14.0. The van der Waals surface area contributed by atoms with Crippen molar-refractivity contribution in [1.82, 2.24) is 10.3 Å². The van der Waals surface area contributed by atoms with Crippen molar-refractivity contribution < 1.29 is 0 Å². The fraction of sp³-hybridized carbons (Fsp3) is 0.471. The van der Waals surface area contributed by atoms with Crippen LogP contribution in [0.2, 0.25) is 0 Å². The highest BCUT2D eigenvalue weighted by molar-refractivity contribution is 8.00. The lowest BCUT2D eigenvalue weighted by molar-refractivity contribution is 0.425. The van der Waals surface area contributed by atoms with Crippen molar-refractivity contribution in [3.8, 4) is 0 Å². The molecule has 2 aromatic rings. The van der Waals surface area contributed by atoms with Crippen LogP contribution in [0.25, 0.3) is 10.9 Å². The molecule has 0 amide bonds. The maximum atomic E-state index is 4.46. The largest absolute Gasteiger partial charge is 0.315 e. The van der Waals surface area contributed by atoms with Gasteiger partial charge in [0, 0.05) is 22.4 Å². The minimum Gasteiger partial charge on any atom is -0.315 e. The van der Waals surface area contributed by atoms with Gasteiger partial charge >= 0.3 is 0 Å². The van der Waals surface area contributed by atoms with E-state index in [-0.39, 0.29) is 0 Å². The Morgan fingerprint density at radius 3 is 2.95 bits per heavy atom. The molecule has 2 unspecified atom stereocenters. The third kappa shape index (κ3) is 2.57. The Balaban J connectivity index is 1.91. The molecule has 20 heavy (non-hydrogen) atoms. The maximum absolute atomic E-state index is 4.46. The summed E-state index contributed by atoms with van der Waals surface area (Å²) in [5.41, 5.74) is 2.51. The van der Waals surface area contributed by atoms with E-state index in [2.05, 4.69) is 66.4 Å². The first-order chi connectivity index (χ1) is 9.73. The number of para-hydroxylation sites is 1. The van der Waals surface area contributed by atoms with E-state index in [4.69, 9.17) is 0 Å². The normalized spacial score (nSPS) is 24.1. The molecule has 1 aliphatic heterocycles. The highest BCUT2D eigenvalue weighted by Gasteiger charge is 2.37. The van der Waals surface area contributed by atoms with E-state index in [0.717, 1.165) is 11.9 Å². The predicted octanol–water partition coefficient (Wildman–Crippen LogP) is 3.65. The standard InChI is InChI=1S/C17H22N2S/c1-17(9-5-11-20-17)16(18-2)12-13-8-10-19-15-7-4-3-6-14(13)15/h3-4,6-8,10,16,18H,5,9,11-12H2,1-2H3. The Kier molecular flexibility index (Phi) is 3.99. The second kappa shape index (κ2) is 5.74. The number of aromatic nitrogens is 1. The summed E-state index contributed by atoms with van der Waals surface area (Å²) in [6.45, 7) is 2.41. The molecule has 1 aliphatic rings. The summed E-state index contributed by atoms with van der Waals surface area (Å²) < 4.78 is 0.360. The number of pyridine rings is 1. The van der Waals surface area contributed by atoms with Gasteiger partial charge in [-0.2, -0.15) is 11.8 Å². The molecule has 2 atom stereocenters. The summed E-state index contributed by atoms with van der Waals surface area (Å²) in [5, 5.41) is 4.85. The van der Waals surface area contributed by atoms with Crippen LogP contribution in [0, 0.1) is 0 Å². The van der Waals surface area contributed by atoms with Crippen molar-refractivity contribution in [1.29, 1.82) is 0 Å². The molecule has 0 aliphatic carbocycles. The molecule has 0 saturated carbocycles. The van der Waals surface area contributed by atoms with Gasteiger partial charge in [0.1, 0.15) is 0 Å². The van der Waals surface area contributed by atoms with Crippen molar-refractivity contribution in [2.24, 2.45) is 0 Å². The molecule has 1 fully saturated rings. The molecule has 0 bridgehead atoms. The average molecular weight is 286 g/mol. The van der Waals surface area contributed by atoms with Crippen LogP contribution in [-0.4, -0.2) is 28.6 Å². The molecule has 1 aromatic heterocycles. The van der Waals surface area contributed by atoms with Gasteiger partial charge in [0.2, 0.25) is 0 Å². The van der Waals surface area contributed by atoms with E-state index in [9.17, 15) is 0 Å². The molecule has 3 rings (SSSR count). The zero-order valence-corrected chi connectivity index (χ0v) is 13.0. The van der Waals surface area contributed by atoms with E-state index in [1.165, 1.54) is 29.5 Å². The maximum Gasteiger partial charge on any atom is 0.0704 e. The van der Waals surface area contributed by atoms with Crippen molar-refractivity contribution in [3.63, 3.8) is 0 Å². The fourth-order valence-electron chi connectivity index (χ4n) is 3.25. The highest BCUT2D eigenvalue weighted by Crippen LogP contribution is 2.41. The smallest absolute Gasteiger partial charge is 0.0704 e. The van der Waals surface area contributed by atoms with Gasteiger partial charge in [0.05, 0.1) is 5.52 Å². The van der Waals surface area contributed by atoms with Crippen molar-refractivity contribution in [2.75, 3.05) is 12.8 Å². The van der Waals surface area contributed by atoms with E-state index < -0.39 is 0 Å². The number of nitrogens with zero attached hydrogens (tertiary/aromatic N) is 1. The van der Waals surface area contributed by atoms with Crippen molar-refractivity contribution >= 4 is 22.7 Å². The molecule has 1 aromatic carbocycles. The number of likely N-dealkylation sites (N-methyl/N-ethyl adjacent to an activating group) is 1. The summed E-state index contributed by atoms with van der Waals surface area (Å²) in [6.07, 6.45) is 5.67. The highest BCUT2D eigenvalue weighted by atomic mass is 32.2. The Labute approximate surface area is 125 Å². The summed E-state index contributed by atoms with van der Waals surface area (Å²) in [7, 11) is 2.10. The number of fused-ring (bicyclic) bond motifs is 1. The van der Waals surface area contributed by atoms with Crippen LogP contribution in [0.3, 0.4) is 0 Å². The Hall–Kier alpha value is -1.06. The van der Waals surface area contributed by atoms with Gasteiger partial charge in [-0.15, -0.1) is 0 Å². The second-order valence-corrected chi connectivity index (χ2v) is 7.43. The monoisotopic (exact) mass is 286 g/mol. The van der Waals surface area contributed by atoms with E-state index in [0.29, 0.717) is 10.8 Å². The van der Waals surface area contributed by atoms with Gasteiger partial charge in [-0.3, -0.25) is 4.98 Å². The molecule has 0 spiro atoms. The average Bonchev–Trinajstić information content (AvgIpc) is 2.92. The zero-order valence-electron chi connectivity index (χ0n) is 12.2. The first kappa shape index (κ1) is 13.9. The van der Waals surface area contributed by atoms with Crippen molar-refractivity contribution in [3.05, 3.63) is 42.1 Å². The fourth-order valence-corrected chi connectivity index (χ4v) is 4.70. The molecule has 0 radical (unpaired) electrons.